The zero-order valence-corrected chi connectivity index (χ0v) is 15.4. The molecule has 3 aromatic rings. The van der Waals surface area contributed by atoms with E-state index in [0.717, 1.165) is 48.8 Å². The summed E-state index contributed by atoms with van der Waals surface area (Å²) in [5.41, 5.74) is 6.16. The highest BCUT2D eigenvalue weighted by atomic mass is 16.1. The van der Waals surface area contributed by atoms with E-state index in [1.165, 1.54) is 11.1 Å². The zero-order chi connectivity index (χ0) is 18.3. The topological polar surface area (TPSA) is 71.8 Å². The van der Waals surface area contributed by atoms with Crippen molar-refractivity contribution in [2.75, 3.05) is 11.9 Å². The lowest BCUT2D eigenvalue weighted by Gasteiger charge is -2.11. The first-order valence-electron chi connectivity index (χ1n) is 8.97. The molecule has 6 heteroatoms. The van der Waals surface area contributed by atoms with Crippen molar-refractivity contribution in [3.63, 3.8) is 0 Å². The Morgan fingerprint density at radius 1 is 1.19 bits per heavy atom. The van der Waals surface area contributed by atoms with Crippen molar-refractivity contribution in [1.82, 2.24) is 19.9 Å². The van der Waals surface area contributed by atoms with Crippen LogP contribution in [0.3, 0.4) is 0 Å². The third kappa shape index (κ3) is 2.97. The van der Waals surface area contributed by atoms with Gasteiger partial charge in [-0.2, -0.15) is 0 Å². The molecule has 6 nitrogen and oxygen atoms in total. The van der Waals surface area contributed by atoms with Crippen molar-refractivity contribution in [1.29, 1.82) is 0 Å². The maximum atomic E-state index is 12.9. The molecular formula is C20H23N5O. The summed E-state index contributed by atoms with van der Waals surface area (Å²) in [7, 11) is 1.91. The average Bonchev–Trinajstić information content (AvgIpc) is 2.79. The largest absolute Gasteiger partial charge is 0.322 e. The highest BCUT2D eigenvalue weighted by molar-refractivity contribution is 6.11. The Labute approximate surface area is 152 Å². The first kappa shape index (κ1) is 16.7. The third-order valence-corrected chi connectivity index (χ3v) is 5.00. The fourth-order valence-corrected chi connectivity index (χ4v) is 3.49. The van der Waals surface area contributed by atoms with Crippen LogP contribution in [0, 0.1) is 13.8 Å². The van der Waals surface area contributed by atoms with Crippen molar-refractivity contribution in [3.05, 3.63) is 52.5 Å². The van der Waals surface area contributed by atoms with Crippen LogP contribution in [0.2, 0.25) is 0 Å². The van der Waals surface area contributed by atoms with Crippen molar-refractivity contribution >= 4 is 22.8 Å². The number of amides is 1. The standard InChI is InChI=1S/C20H23N5O/c1-12-9-17(18-19(22-12)25(3)13(2)23-18)20(26)24-16-7-6-14-5-4-8-21-11-15(14)10-16/h6-7,9-10,21H,4-5,8,11H2,1-3H3,(H,24,26). The number of anilines is 1. The number of benzene rings is 1. The Hall–Kier alpha value is -2.73. The number of carbonyl (C=O) groups is 1. The minimum Gasteiger partial charge on any atom is -0.322 e. The summed E-state index contributed by atoms with van der Waals surface area (Å²) in [5.74, 6) is 0.684. The number of pyridine rings is 1. The van der Waals surface area contributed by atoms with E-state index in [-0.39, 0.29) is 5.91 Å². The van der Waals surface area contributed by atoms with Gasteiger partial charge in [0.05, 0.1) is 5.56 Å². The molecule has 0 saturated carbocycles. The molecule has 134 valence electrons. The van der Waals surface area contributed by atoms with Gasteiger partial charge in [-0.3, -0.25) is 4.79 Å². The zero-order valence-electron chi connectivity index (χ0n) is 15.4. The molecule has 1 aromatic carbocycles. The maximum absolute atomic E-state index is 12.9. The first-order valence-corrected chi connectivity index (χ1v) is 8.97. The number of hydrogen-bond donors (Lipinski definition) is 2. The lowest BCUT2D eigenvalue weighted by molar-refractivity contribution is 0.102. The Morgan fingerprint density at radius 3 is 2.88 bits per heavy atom. The SMILES string of the molecule is Cc1cc(C(=O)Nc2ccc3c(c2)CNCCC3)c2nc(C)n(C)c2n1. The Morgan fingerprint density at radius 2 is 2.04 bits per heavy atom. The van der Waals surface area contributed by atoms with E-state index in [2.05, 4.69) is 32.7 Å². The van der Waals surface area contributed by atoms with Crippen LogP contribution in [-0.4, -0.2) is 27.0 Å². The Balaban J connectivity index is 1.68. The predicted molar refractivity (Wildman–Crippen MR) is 102 cm³/mol. The van der Waals surface area contributed by atoms with Gasteiger partial charge in [-0.15, -0.1) is 0 Å². The van der Waals surface area contributed by atoms with Crippen LogP contribution in [0.25, 0.3) is 11.2 Å². The van der Waals surface area contributed by atoms with Crippen LogP contribution in [0.1, 0.15) is 39.4 Å². The molecule has 0 bridgehead atoms. The van der Waals surface area contributed by atoms with Gasteiger partial charge in [-0.1, -0.05) is 6.07 Å². The summed E-state index contributed by atoms with van der Waals surface area (Å²) in [6.45, 7) is 5.69. The van der Waals surface area contributed by atoms with Gasteiger partial charge < -0.3 is 15.2 Å². The van der Waals surface area contributed by atoms with Gasteiger partial charge in [0.25, 0.3) is 5.91 Å². The van der Waals surface area contributed by atoms with Gasteiger partial charge in [0.2, 0.25) is 0 Å². The molecule has 0 unspecified atom stereocenters. The molecule has 2 aromatic heterocycles. The summed E-state index contributed by atoms with van der Waals surface area (Å²) in [4.78, 5) is 22.0. The molecule has 0 saturated heterocycles. The molecule has 0 aliphatic carbocycles. The quantitative estimate of drug-likeness (QED) is 0.746. The molecule has 1 aliphatic heterocycles. The molecule has 0 fully saturated rings. The maximum Gasteiger partial charge on any atom is 0.258 e. The minimum atomic E-state index is -0.153. The van der Waals surface area contributed by atoms with E-state index in [1.807, 2.05) is 31.5 Å². The number of nitrogens with one attached hydrogen (secondary N) is 2. The van der Waals surface area contributed by atoms with Gasteiger partial charge in [0.15, 0.2) is 5.65 Å². The van der Waals surface area contributed by atoms with Crippen LogP contribution in [0.15, 0.2) is 24.3 Å². The average molecular weight is 349 g/mol. The second-order valence-electron chi connectivity index (χ2n) is 6.92. The summed E-state index contributed by atoms with van der Waals surface area (Å²) >= 11 is 0. The van der Waals surface area contributed by atoms with Gasteiger partial charge >= 0.3 is 0 Å². The van der Waals surface area contributed by atoms with E-state index >= 15 is 0 Å². The lowest BCUT2D eigenvalue weighted by Crippen LogP contribution is -2.15. The Kier molecular flexibility index (Phi) is 4.20. The molecule has 3 heterocycles. The molecular weight excluding hydrogens is 326 g/mol. The summed E-state index contributed by atoms with van der Waals surface area (Å²) < 4.78 is 1.91. The molecule has 0 radical (unpaired) electrons. The third-order valence-electron chi connectivity index (χ3n) is 5.00. The number of hydrogen-bond acceptors (Lipinski definition) is 4. The number of nitrogens with zero attached hydrogens (tertiary/aromatic N) is 3. The van der Waals surface area contributed by atoms with Crippen LogP contribution in [0.4, 0.5) is 5.69 Å². The molecule has 2 N–H and O–H groups in total. The van der Waals surface area contributed by atoms with Gasteiger partial charge in [0, 0.05) is 25.0 Å². The monoisotopic (exact) mass is 349 g/mol. The van der Waals surface area contributed by atoms with Gasteiger partial charge in [-0.05, 0) is 62.6 Å². The molecule has 4 rings (SSSR count). The number of rotatable bonds is 2. The van der Waals surface area contributed by atoms with E-state index in [0.29, 0.717) is 11.1 Å². The van der Waals surface area contributed by atoms with Gasteiger partial charge in [-0.25, -0.2) is 9.97 Å². The Bertz CT molecular complexity index is 1010. The van der Waals surface area contributed by atoms with Crippen LogP contribution >= 0.6 is 0 Å². The number of aromatic nitrogens is 3. The van der Waals surface area contributed by atoms with Crippen LogP contribution < -0.4 is 10.6 Å². The van der Waals surface area contributed by atoms with Crippen molar-refractivity contribution in [2.45, 2.75) is 33.2 Å². The minimum absolute atomic E-state index is 0.153. The lowest BCUT2D eigenvalue weighted by atomic mass is 10.0. The highest BCUT2D eigenvalue weighted by Gasteiger charge is 2.18. The normalized spacial score (nSPS) is 14.1. The number of fused-ring (bicyclic) bond motifs is 2. The number of carbonyl (C=O) groups excluding carboxylic acids is 1. The summed E-state index contributed by atoms with van der Waals surface area (Å²) in [6, 6.07) is 7.97. The summed E-state index contributed by atoms with van der Waals surface area (Å²) in [5, 5.41) is 6.46. The predicted octanol–water partition coefficient (Wildman–Crippen LogP) is 2.87. The molecule has 1 aliphatic rings. The molecule has 1 amide bonds. The smallest absolute Gasteiger partial charge is 0.258 e. The van der Waals surface area contributed by atoms with Crippen molar-refractivity contribution in [3.8, 4) is 0 Å². The van der Waals surface area contributed by atoms with Crippen molar-refractivity contribution < 1.29 is 4.79 Å². The van der Waals surface area contributed by atoms with Gasteiger partial charge in [0.1, 0.15) is 11.3 Å². The van der Waals surface area contributed by atoms with E-state index < -0.39 is 0 Å². The highest BCUT2D eigenvalue weighted by Crippen LogP contribution is 2.22. The second kappa shape index (κ2) is 6.53. The number of imidazole rings is 1. The second-order valence-corrected chi connectivity index (χ2v) is 6.92. The molecule has 0 atom stereocenters. The van der Waals surface area contributed by atoms with E-state index in [4.69, 9.17) is 0 Å². The van der Waals surface area contributed by atoms with Crippen LogP contribution in [0.5, 0.6) is 0 Å². The fraction of sp³-hybridized carbons (Fsp3) is 0.350. The first-order chi connectivity index (χ1) is 12.5. The number of aryl methyl sites for hydroxylation is 4. The van der Waals surface area contributed by atoms with Crippen molar-refractivity contribution in [2.24, 2.45) is 7.05 Å². The van der Waals surface area contributed by atoms with E-state index in [9.17, 15) is 4.79 Å². The summed E-state index contributed by atoms with van der Waals surface area (Å²) in [6.07, 6.45) is 2.22. The fourth-order valence-electron chi connectivity index (χ4n) is 3.49. The van der Waals surface area contributed by atoms with E-state index in [1.54, 1.807) is 6.07 Å². The molecule has 0 spiro atoms. The van der Waals surface area contributed by atoms with Crippen LogP contribution in [-0.2, 0) is 20.0 Å². The molecule has 26 heavy (non-hydrogen) atoms.